The van der Waals surface area contributed by atoms with Crippen LogP contribution < -0.4 is 16.0 Å². The molecule has 0 heterocycles. The molecule has 0 fully saturated rings. The highest BCUT2D eigenvalue weighted by Gasteiger charge is 2.42. The molecule has 380 valence electrons. The summed E-state index contributed by atoms with van der Waals surface area (Å²) < 4.78 is 13.4. The Morgan fingerprint density at radius 2 is 1.52 bits per heavy atom. The number of rotatable bonds is 28. The molecule has 14 nitrogen and oxygen atoms in total. The van der Waals surface area contributed by atoms with Crippen molar-refractivity contribution in [2.45, 2.75) is 169 Å². The van der Waals surface area contributed by atoms with Crippen molar-refractivity contribution in [2.75, 3.05) is 33.3 Å². The third-order valence-corrected chi connectivity index (χ3v) is 18.3. The molecule has 0 bridgehead atoms. The van der Waals surface area contributed by atoms with E-state index >= 15 is 0 Å². The van der Waals surface area contributed by atoms with Crippen molar-refractivity contribution in [2.24, 2.45) is 17.8 Å². The molecular weight excluding hydrogens is 910 g/mol. The molecule has 0 saturated heterocycles. The van der Waals surface area contributed by atoms with Gasteiger partial charge in [0, 0.05) is 37.0 Å². The van der Waals surface area contributed by atoms with Crippen LogP contribution in [-0.2, 0) is 37.9 Å². The van der Waals surface area contributed by atoms with Crippen LogP contribution in [0.25, 0.3) is 0 Å². The van der Waals surface area contributed by atoms with Crippen molar-refractivity contribution in [1.29, 1.82) is 0 Å². The number of benzene rings is 1. The molecule has 0 spiro atoms. The van der Waals surface area contributed by atoms with Crippen molar-refractivity contribution in [3.05, 3.63) is 58.1 Å². The van der Waals surface area contributed by atoms with E-state index in [-0.39, 0.29) is 41.4 Å². The lowest BCUT2D eigenvalue weighted by Gasteiger charge is -2.42. The van der Waals surface area contributed by atoms with E-state index < -0.39 is 73.9 Å². The van der Waals surface area contributed by atoms with Crippen molar-refractivity contribution in [1.82, 2.24) is 25.8 Å². The summed E-state index contributed by atoms with van der Waals surface area (Å²) in [6.45, 7) is 28.1. The lowest BCUT2D eigenvalue weighted by Crippen LogP contribution is -2.55. The van der Waals surface area contributed by atoms with Gasteiger partial charge in [-0.3, -0.25) is 24.0 Å². The molecule has 0 radical (unpaired) electrons. The molecular formula is C50H84ClN5O9SSi. The fourth-order valence-corrected chi connectivity index (χ4v) is 9.23. The van der Waals surface area contributed by atoms with E-state index in [9.17, 15) is 33.9 Å². The lowest BCUT2D eigenvalue weighted by molar-refractivity contribution is -0.145. The quantitative estimate of drug-likeness (QED) is 0.0208. The van der Waals surface area contributed by atoms with Gasteiger partial charge < -0.3 is 40.0 Å². The summed E-state index contributed by atoms with van der Waals surface area (Å²) in [6.07, 6.45) is 6.40. The maximum absolute atomic E-state index is 14.2. The highest BCUT2D eigenvalue weighted by atomic mass is 35.5. The number of nitrogens with one attached hydrogen (secondary N) is 3. The average Bonchev–Trinajstić information content (AvgIpc) is 3.26. The molecule has 17 heteroatoms. The highest BCUT2D eigenvalue weighted by Crippen LogP contribution is 2.40. The van der Waals surface area contributed by atoms with E-state index in [1.165, 1.54) is 30.8 Å². The third-order valence-electron chi connectivity index (χ3n) is 13.2. The van der Waals surface area contributed by atoms with Crippen molar-refractivity contribution in [3.63, 3.8) is 0 Å². The Morgan fingerprint density at radius 3 is 2.00 bits per heavy atom. The Balaban J connectivity index is 3.44. The number of ether oxygens (including phenoxy) is 1. The van der Waals surface area contributed by atoms with E-state index in [1.807, 2.05) is 33.1 Å². The zero-order valence-electron chi connectivity index (χ0n) is 43.7. The number of nitrogens with zero attached hydrogens (tertiary/aromatic N) is 2. The number of thioether (sulfide) groups is 1. The largest absolute Gasteiger partial charge is 0.480 e. The van der Waals surface area contributed by atoms with Gasteiger partial charge in [-0.1, -0.05) is 97.7 Å². The predicted octanol–water partition coefficient (Wildman–Crippen LogP) is 8.41. The van der Waals surface area contributed by atoms with E-state index in [0.717, 1.165) is 5.57 Å². The first-order chi connectivity index (χ1) is 31.0. The summed E-state index contributed by atoms with van der Waals surface area (Å²) in [5.41, 5.74) is 2.12. The number of carbonyl (C=O) groups excluding carboxylic acids is 5. The monoisotopic (exact) mass is 994 g/mol. The van der Waals surface area contributed by atoms with Crippen LogP contribution in [0.2, 0.25) is 23.2 Å². The van der Waals surface area contributed by atoms with Gasteiger partial charge in [0.15, 0.2) is 14.1 Å². The summed E-state index contributed by atoms with van der Waals surface area (Å²) in [6, 6.07) is 1.03. The summed E-state index contributed by atoms with van der Waals surface area (Å²) in [4.78, 5) is 84.5. The van der Waals surface area contributed by atoms with E-state index in [0.29, 0.717) is 41.4 Å². The first-order valence-electron chi connectivity index (χ1n) is 23.4. The van der Waals surface area contributed by atoms with Gasteiger partial charge >= 0.3 is 5.97 Å². The third kappa shape index (κ3) is 18.4. The van der Waals surface area contributed by atoms with Gasteiger partial charge in [0.25, 0.3) is 0 Å². The number of ketones is 1. The predicted molar refractivity (Wildman–Crippen MR) is 274 cm³/mol. The Kier molecular flexibility index (Phi) is 25.9. The van der Waals surface area contributed by atoms with E-state index in [4.69, 9.17) is 20.8 Å². The molecule has 1 rings (SSSR count). The number of carbonyl (C=O) groups is 6. The fraction of sp³-hybridized carbons (Fsp3) is 0.680. The van der Waals surface area contributed by atoms with Crippen LogP contribution in [0.4, 0.5) is 0 Å². The number of amides is 4. The fourth-order valence-electron chi connectivity index (χ4n) is 7.41. The minimum absolute atomic E-state index is 0.00337. The van der Waals surface area contributed by atoms with Crippen LogP contribution in [0.3, 0.4) is 0 Å². The molecule has 1 aromatic carbocycles. The Bertz CT molecular complexity index is 1870. The Morgan fingerprint density at radius 1 is 0.940 bits per heavy atom. The van der Waals surface area contributed by atoms with E-state index in [1.54, 1.807) is 63.8 Å². The molecule has 0 aliphatic heterocycles. The number of hydrogen-bond acceptors (Lipinski definition) is 10. The van der Waals surface area contributed by atoms with Gasteiger partial charge in [-0.15, -0.1) is 11.8 Å². The molecule has 0 aromatic heterocycles. The zero-order chi connectivity index (χ0) is 51.7. The number of carboxylic acids is 1. The smallest absolute Gasteiger partial charge is 0.326 e. The normalized spacial score (nSPS) is 16.7. The number of hydrogen-bond donors (Lipinski definition) is 4. The van der Waals surface area contributed by atoms with Crippen LogP contribution in [0, 0.1) is 17.8 Å². The van der Waals surface area contributed by atoms with Crippen molar-refractivity contribution in [3.8, 4) is 0 Å². The second-order valence-corrected chi connectivity index (χ2v) is 25.8. The Labute approximate surface area is 412 Å². The number of likely N-dealkylation sites (N-methyl/N-ethyl adjacent to an activating group) is 3. The maximum atomic E-state index is 14.2. The molecule has 0 aliphatic rings. The number of halogens is 1. The standard InChI is InChI=1S/C50H84ClN5O9SSi/c1-19-31(5)42(49(62)63)54-46(59)43(52-13)40(57)28-38(36-22-24-37(51)25-23-36)55(14)48(61)35(9)53-45(58)39(27-30(3)4)56(15)47(60)33(7)21-26-41(64-29-66-16)34(8)44(32(6)20-2)65-67(17,18)50(10,11)12/h20-25,30-31,34-35,38-39,41-44,52H,19,26-29H2,1-18H3,(H,53,58)(H,54,59)(H,62,63)/b32-20+,33-21+/t31-,34+,35+,38?,39-,41+,42+,43-,44-/m1/s1. The molecule has 67 heavy (non-hydrogen) atoms. The second-order valence-electron chi connectivity index (χ2n) is 19.8. The first kappa shape index (κ1) is 61.5. The molecule has 0 saturated carbocycles. The SMILES string of the molecule is C/C=C(\C)[C@@H](O[Si](C)(C)C(C)(C)C)[C@@H](C)[C@H](C/C=C(\C)C(=O)N(C)[C@H](CC(C)C)C(=O)N[C@@H](C)C(=O)N(C)C(CC(=O)[C@@H](NC)C(=O)N[C@H](C(=O)O)[C@H](C)CC)c1ccc(Cl)cc1)OCSC. The molecule has 1 aromatic rings. The van der Waals surface area contributed by atoms with Gasteiger partial charge in [0.2, 0.25) is 23.6 Å². The molecule has 4 N–H and O–H groups in total. The summed E-state index contributed by atoms with van der Waals surface area (Å²) in [5.74, 6) is -3.96. The number of aliphatic carboxylic acids is 1. The van der Waals surface area contributed by atoms with Crippen molar-refractivity contribution < 1.29 is 43.0 Å². The van der Waals surface area contributed by atoms with E-state index in [2.05, 4.69) is 69.7 Å². The zero-order valence-corrected chi connectivity index (χ0v) is 46.2. The Hall–Kier alpha value is -3.54. The van der Waals surface area contributed by atoms with Gasteiger partial charge in [-0.05, 0) is 107 Å². The summed E-state index contributed by atoms with van der Waals surface area (Å²) >= 11 is 7.78. The molecule has 1 unspecified atom stereocenters. The minimum atomic E-state index is -2.17. The number of allylic oxidation sites excluding steroid dienone is 1. The van der Waals surface area contributed by atoms with Gasteiger partial charge in [-0.2, -0.15) is 0 Å². The van der Waals surface area contributed by atoms with Crippen LogP contribution in [0.15, 0.2) is 47.6 Å². The molecule has 0 aliphatic carbocycles. The first-order valence-corrected chi connectivity index (χ1v) is 28.1. The van der Waals surface area contributed by atoms with Crippen LogP contribution in [0.5, 0.6) is 0 Å². The van der Waals surface area contributed by atoms with Gasteiger partial charge in [0.05, 0.1) is 24.2 Å². The number of carboxylic acid groups (broad SMARTS) is 1. The van der Waals surface area contributed by atoms with Crippen LogP contribution in [-0.4, -0.2) is 128 Å². The molecule has 4 amide bonds. The highest BCUT2D eigenvalue weighted by molar-refractivity contribution is 7.98. The van der Waals surface area contributed by atoms with Crippen LogP contribution in [0.1, 0.15) is 120 Å². The number of Topliss-reactive ketones (excluding diaryl/α,β-unsaturated/α-hetero) is 1. The van der Waals surface area contributed by atoms with Crippen molar-refractivity contribution >= 4 is 67.1 Å². The minimum Gasteiger partial charge on any atom is -0.480 e. The summed E-state index contributed by atoms with van der Waals surface area (Å²) in [7, 11) is 2.35. The molecule has 9 atom stereocenters. The maximum Gasteiger partial charge on any atom is 0.326 e. The topological polar surface area (TPSA) is 184 Å². The average molecular weight is 995 g/mol. The summed E-state index contributed by atoms with van der Waals surface area (Å²) in [5, 5.41) is 18.2. The lowest BCUT2D eigenvalue weighted by atomic mass is 9.90. The van der Waals surface area contributed by atoms with Gasteiger partial charge in [-0.25, -0.2) is 4.79 Å². The van der Waals surface area contributed by atoms with Gasteiger partial charge in [0.1, 0.15) is 24.2 Å². The second kappa shape index (κ2) is 28.2. The van der Waals surface area contributed by atoms with Crippen LogP contribution >= 0.6 is 23.4 Å².